The number of ether oxygens (including phenoxy) is 2. The third kappa shape index (κ3) is 6.43. The highest BCUT2D eigenvalue weighted by Gasteiger charge is 2.32. The highest BCUT2D eigenvalue weighted by atomic mass is 35.5. The molecule has 28 heavy (non-hydrogen) atoms. The molecular formula is C19H19Cl2F4NO2. The molecule has 1 N–H and O–H groups in total. The number of alkyl halides is 3. The van der Waals surface area contributed by atoms with Gasteiger partial charge in [0.15, 0.2) is 11.5 Å². The summed E-state index contributed by atoms with van der Waals surface area (Å²) in [6.45, 7) is 1.98. The van der Waals surface area contributed by atoms with E-state index in [4.69, 9.17) is 16.3 Å². The maximum absolute atomic E-state index is 13.6. The van der Waals surface area contributed by atoms with Gasteiger partial charge in [-0.1, -0.05) is 17.7 Å². The predicted molar refractivity (Wildman–Crippen MR) is 102 cm³/mol. The average molecular weight is 440 g/mol. The SMILES string of the molecule is Cl.Fc1cc(Cl)cc(-c2ccc(OC(F)(F)F)c(OCC3CCNCC3)c2)c1. The lowest BCUT2D eigenvalue weighted by Crippen LogP contribution is -2.30. The average Bonchev–Trinajstić information content (AvgIpc) is 2.59. The van der Waals surface area contributed by atoms with Crippen LogP contribution in [0.2, 0.25) is 5.02 Å². The van der Waals surface area contributed by atoms with Crippen LogP contribution in [0.4, 0.5) is 17.6 Å². The van der Waals surface area contributed by atoms with Gasteiger partial charge >= 0.3 is 6.36 Å². The number of halogens is 6. The molecular weight excluding hydrogens is 421 g/mol. The molecule has 0 amide bonds. The topological polar surface area (TPSA) is 30.5 Å². The number of benzene rings is 2. The maximum atomic E-state index is 13.6. The zero-order valence-electron chi connectivity index (χ0n) is 14.7. The van der Waals surface area contributed by atoms with Crippen LogP contribution in [0.5, 0.6) is 11.5 Å². The standard InChI is InChI=1S/C19H18ClF4NO2.ClH/c20-15-7-14(8-16(21)10-15)13-1-2-17(27-19(22,23)24)18(9-13)26-11-12-3-5-25-6-4-12;/h1-2,7-10,12,25H,3-6,11H2;1H. The normalized spacial score (nSPS) is 15.0. The molecule has 154 valence electrons. The summed E-state index contributed by atoms with van der Waals surface area (Å²) >= 11 is 5.87. The molecule has 0 aromatic heterocycles. The van der Waals surface area contributed by atoms with Gasteiger partial charge in [0.05, 0.1) is 6.61 Å². The first-order valence-corrected chi connectivity index (χ1v) is 8.88. The van der Waals surface area contributed by atoms with Gasteiger partial charge in [-0.3, -0.25) is 0 Å². The number of hydrogen-bond donors (Lipinski definition) is 1. The Bertz CT molecular complexity index is 776. The van der Waals surface area contributed by atoms with E-state index in [2.05, 4.69) is 10.1 Å². The molecule has 0 spiro atoms. The molecule has 1 fully saturated rings. The Morgan fingerprint density at radius 2 is 1.71 bits per heavy atom. The summed E-state index contributed by atoms with van der Waals surface area (Å²) in [5.41, 5.74) is 0.913. The van der Waals surface area contributed by atoms with Crippen LogP contribution >= 0.6 is 24.0 Å². The van der Waals surface area contributed by atoms with Crippen molar-refractivity contribution < 1.29 is 27.0 Å². The van der Waals surface area contributed by atoms with E-state index in [1.54, 1.807) is 0 Å². The molecule has 1 aliphatic rings. The van der Waals surface area contributed by atoms with Crippen LogP contribution in [0.15, 0.2) is 36.4 Å². The summed E-state index contributed by atoms with van der Waals surface area (Å²) in [4.78, 5) is 0. The molecule has 1 aliphatic heterocycles. The summed E-state index contributed by atoms with van der Waals surface area (Å²) in [5, 5.41) is 3.41. The first kappa shape index (κ1) is 22.6. The van der Waals surface area contributed by atoms with Crippen LogP contribution in [-0.4, -0.2) is 26.1 Å². The van der Waals surface area contributed by atoms with Crippen molar-refractivity contribution in [2.45, 2.75) is 19.2 Å². The second-order valence-electron chi connectivity index (χ2n) is 6.37. The lowest BCUT2D eigenvalue weighted by Gasteiger charge is -2.23. The molecule has 2 aromatic carbocycles. The van der Waals surface area contributed by atoms with Crippen molar-refractivity contribution in [1.29, 1.82) is 0 Å². The molecule has 0 bridgehead atoms. The smallest absolute Gasteiger partial charge is 0.489 e. The Morgan fingerprint density at radius 3 is 2.36 bits per heavy atom. The fourth-order valence-corrected chi connectivity index (χ4v) is 3.21. The summed E-state index contributed by atoms with van der Waals surface area (Å²) in [6.07, 6.45) is -3.07. The first-order chi connectivity index (χ1) is 12.8. The van der Waals surface area contributed by atoms with E-state index in [0.717, 1.165) is 32.0 Å². The highest BCUT2D eigenvalue weighted by Crippen LogP contribution is 2.37. The molecule has 0 saturated carbocycles. The lowest BCUT2D eigenvalue weighted by atomic mass is 9.99. The Labute approximate surface area is 171 Å². The number of nitrogens with one attached hydrogen (secondary N) is 1. The second kappa shape index (κ2) is 9.67. The van der Waals surface area contributed by atoms with Gasteiger partial charge in [0, 0.05) is 5.02 Å². The van der Waals surface area contributed by atoms with Crippen molar-refractivity contribution in [3.8, 4) is 22.6 Å². The van der Waals surface area contributed by atoms with E-state index in [-0.39, 0.29) is 35.7 Å². The van der Waals surface area contributed by atoms with Gasteiger partial charge in [-0.05, 0) is 73.3 Å². The van der Waals surface area contributed by atoms with Gasteiger partial charge in [-0.2, -0.15) is 0 Å². The molecule has 9 heteroatoms. The van der Waals surface area contributed by atoms with Gasteiger partial charge in [-0.15, -0.1) is 25.6 Å². The fraction of sp³-hybridized carbons (Fsp3) is 0.368. The van der Waals surface area contributed by atoms with Gasteiger partial charge in [-0.25, -0.2) is 4.39 Å². The van der Waals surface area contributed by atoms with E-state index in [1.165, 1.54) is 30.3 Å². The molecule has 2 aromatic rings. The Balaban J connectivity index is 0.00000280. The molecule has 1 heterocycles. The van der Waals surface area contributed by atoms with Gasteiger partial charge in [0.2, 0.25) is 0 Å². The molecule has 0 unspecified atom stereocenters. The molecule has 0 atom stereocenters. The van der Waals surface area contributed by atoms with Crippen molar-refractivity contribution in [3.05, 3.63) is 47.2 Å². The third-order valence-electron chi connectivity index (χ3n) is 4.30. The van der Waals surface area contributed by atoms with Crippen LogP contribution in [-0.2, 0) is 0 Å². The molecule has 0 aliphatic carbocycles. The quantitative estimate of drug-likeness (QED) is 0.593. The van der Waals surface area contributed by atoms with Crippen molar-refractivity contribution in [2.75, 3.05) is 19.7 Å². The lowest BCUT2D eigenvalue weighted by molar-refractivity contribution is -0.275. The predicted octanol–water partition coefficient (Wildman–Crippen LogP) is 5.84. The Kier molecular flexibility index (Phi) is 7.80. The molecule has 3 nitrogen and oxygen atoms in total. The second-order valence-corrected chi connectivity index (χ2v) is 6.81. The van der Waals surface area contributed by atoms with Crippen molar-refractivity contribution in [3.63, 3.8) is 0 Å². The number of hydrogen-bond acceptors (Lipinski definition) is 3. The summed E-state index contributed by atoms with van der Waals surface area (Å²) in [6, 6.07) is 7.92. The van der Waals surface area contributed by atoms with Gasteiger partial charge in [0.1, 0.15) is 5.82 Å². The van der Waals surface area contributed by atoms with Crippen LogP contribution in [0.3, 0.4) is 0 Å². The minimum atomic E-state index is -4.84. The molecule has 1 saturated heterocycles. The summed E-state index contributed by atoms with van der Waals surface area (Å²) < 4.78 is 61.4. The monoisotopic (exact) mass is 439 g/mol. The zero-order chi connectivity index (χ0) is 19.4. The van der Waals surface area contributed by atoms with Crippen LogP contribution < -0.4 is 14.8 Å². The van der Waals surface area contributed by atoms with Crippen LogP contribution in [0.25, 0.3) is 11.1 Å². The van der Waals surface area contributed by atoms with E-state index < -0.39 is 17.9 Å². The van der Waals surface area contributed by atoms with Crippen molar-refractivity contribution in [1.82, 2.24) is 5.32 Å². The van der Waals surface area contributed by atoms with E-state index in [1.807, 2.05) is 0 Å². The van der Waals surface area contributed by atoms with Gasteiger partial charge in [0.25, 0.3) is 0 Å². The van der Waals surface area contributed by atoms with E-state index in [9.17, 15) is 17.6 Å². The molecule has 3 rings (SSSR count). The Morgan fingerprint density at radius 1 is 1.00 bits per heavy atom. The minimum absolute atomic E-state index is 0. The Hall–Kier alpha value is -1.70. The largest absolute Gasteiger partial charge is 0.573 e. The molecule has 0 radical (unpaired) electrons. The van der Waals surface area contributed by atoms with Crippen molar-refractivity contribution >= 4 is 24.0 Å². The van der Waals surface area contributed by atoms with Crippen molar-refractivity contribution in [2.24, 2.45) is 5.92 Å². The van der Waals surface area contributed by atoms with Crippen LogP contribution in [0.1, 0.15) is 12.8 Å². The number of rotatable bonds is 5. The first-order valence-electron chi connectivity index (χ1n) is 8.50. The summed E-state index contributed by atoms with van der Waals surface area (Å²) in [7, 11) is 0. The maximum Gasteiger partial charge on any atom is 0.573 e. The highest BCUT2D eigenvalue weighted by molar-refractivity contribution is 6.30. The third-order valence-corrected chi connectivity index (χ3v) is 4.52. The zero-order valence-corrected chi connectivity index (χ0v) is 16.3. The minimum Gasteiger partial charge on any atom is -0.489 e. The van der Waals surface area contributed by atoms with E-state index >= 15 is 0 Å². The fourth-order valence-electron chi connectivity index (χ4n) is 2.99. The summed E-state index contributed by atoms with van der Waals surface area (Å²) in [5.74, 6) is -0.756. The number of piperidine rings is 1. The van der Waals surface area contributed by atoms with E-state index in [0.29, 0.717) is 11.1 Å². The van der Waals surface area contributed by atoms with Gasteiger partial charge < -0.3 is 14.8 Å². The van der Waals surface area contributed by atoms with Crippen LogP contribution in [0, 0.1) is 11.7 Å².